The largest absolute Gasteiger partial charge is 0.464 e. The van der Waals surface area contributed by atoms with Gasteiger partial charge < -0.3 is 19.7 Å². The molecule has 0 heterocycles. The van der Waals surface area contributed by atoms with Crippen LogP contribution in [0.15, 0.2) is 59.1 Å². The summed E-state index contributed by atoms with van der Waals surface area (Å²) in [6, 6.07) is 15.4. The molecular weight excluding hydrogens is 465 g/mol. The van der Waals surface area contributed by atoms with Crippen molar-refractivity contribution in [3.8, 4) is 0 Å². The molecule has 0 saturated carbocycles. The summed E-state index contributed by atoms with van der Waals surface area (Å²) >= 11 is 3.28. The molecule has 0 aliphatic carbocycles. The molecule has 1 amide bonds. The van der Waals surface area contributed by atoms with Gasteiger partial charge >= 0.3 is 19.7 Å². The second kappa shape index (κ2) is 11.1. The fourth-order valence-corrected chi connectivity index (χ4v) is 3.82. The van der Waals surface area contributed by atoms with Crippen LogP contribution in [0.4, 0.5) is 4.79 Å². The Morgan fingerprint density at radius 1 is 1.10 bits per heavy atom. The zero-order valence-electron chi connectivity index (χ0n) is 15.6. The van der Waals surface area contributed by atoms with Gasteiger partial charge in [-0.25, -0.2) is 9.59 Å². The second-order valence-electron chi connectivity index (χ2n) is 5.80. The quantitative estimate of drug-likeness (QED) is 0.405. The van der Waals surface area contributed by atoms with Crippen molar-refractivity contribution in [3.05, 3.63) is 70.2 Å². The lowest BCUT2D eigenvalue weighted by Gasteiger charge is -2.23. The Hall–Kier alpha value is -2.19. The second-order valence-corrected chi connectivity index (χ2v) is 8.62. The number of carbonyl (C=O) groups excluding carboxylic acids is 2. The van der Waals surface area contributed by atoms with Crippen LogP contribution in [0, 0.1) is 0 Å². The number of benzene rings is 2. The lowest BCUT2D eigenvalue weighted by atomic mass is 10.2. The maximum Gasteiger partial charge on any atom is 0.408 e. The molecule has 2 aromatic rings. The van der Waals surface area contributed by atoms with Crippen LogP contribution < -0.4 is 5.32 Å². The van der Waals surface area contributed by atoms with Crippen molar-refractivity contribution in [2.24, 2.45) is 0 Å². The van der Waals surface area contributed by atoms with Gasteiger partial charge in [0.25, 0.3) is 0 Å². The smallest absolute Gasteiger partial charge is 0.408 e. The number of rotatable bonds is 9. The lowest BCUT2D eigenvalue weighted by molar-refractivity contribution is -0.145. The van der Waals surface area contributed by atoms with Gasteiger partial charge in [-0.15, -0.1) is 0 Å². The molecular formula is C19H21BrNO7P. The number of nitrogens with one attached hydrogen (secondary N) is 1. The molecule has 2 rings (SSSR count). The Labute approximate surface area is 176 Å². The standard InChI is InChI=1S/C19H21BrNO7P/c1-2-26-17(22)13-28-29(24,25)18(15-8-10-16(20)11-9-15)21-19(23)27-12-14-6-4-3-5-7-14/h3-11,18H,2,12-13H2,1H3,(H,21,23)(H,24,25). The van der Waals surface area contributed by atoms with Gasteiger partial charge in [0.15, 0.2) is 12.4 Å². The molecule has 2 atom stereocenters. The highest BCUT2D eigenvalue weighted by Crippen LogP contribution is 2.55. The van der Waals surface area contributed by atoms with Crippen LogP contribution in [0.5, 0.6) is 0 Å². The van der Waals surface area contributed by atoms with Crippen LogP contribution in [-0.2, 0) is 30.0 Å². The molecule has 156 valence electrons. The number of hydrogen-bond acceptors (Lipinski definition) is 6. The molecule has 0 aliphatic rings. The highest BCUT2D eigenvalue weighted by Gasteiger charge is 2.36. The van der Waals surface area contributed by atoms with E-state index in [1.807, 2.05) is 6.07 Å². The number of halogens is 1. The molecule has 2 aromatic carbocycles. The predicted molar refractivity (Wildman–Crippen MR) is 109 cm³/mol. The third-order valence-corrected chi connectivity index (χ3v) is 5.76. The van der Waals surface area contributed by atoms with E-state index < -0.39 is 32.0 Å². The summed E-state index contributed by atoms with van der Waals surface area (Å²) in [6.45, 7) is 0.970. The summed E-state index contributed by atoms with van der Waals surface area (Å²) in [5.74, 6) is -2.23. The van der Waals surface area contributed by atoms with Gasteiger partial charge in [-0.1, -0.05) is 58.4 Å². The van der Waals surface area contributed by atoms with E-state index in [9.17, 15) is 19.0 Å². The van der Waals surface area contributed by atoms with E-state index in [1.165, 1.54) is 0 Å². The predicted octanol–water partition coefficient (Wildman–Crippen LogP) is 4.14. The number of carbonyl (C=O) groups is 2. The molecule has 29 heavy (non-hydrogen) atoms. The first-order valence-corrected chi connectivity index (χ1v) is 11.1. The van der Waals surface area contributed by atoms with Gasteiger partial charge in [0, 0.05) is 4.47 Å². The van der Waals surface area contributed by atoms with Crippen LogP contribution in [0.1, 0.15) is 23.8 Å². The first-order chi connectivity index (χ1) is 13.8. The highest BCUT2D eigenvalue weighted by atomic mass is 79.9. The summed E-state index contributed by atoms with van der Waals surface area (Å²) in [7, 11) is -4.49. The van der Waals surface area contributed by atoms with Crippen molar-refractivity contribution < 1.29 is 33.0 Å². The van der Waals surface area contributed by atoms with Crippen LogP contribution in [0.2, 0.25) is 0 Å². The topological polar surface area (TPSA) is 111 Å². The van der Waals surface area contributed by atoms with Crippen molar-refractivity contribution in [1.29, 1.82) is 0 Å². The fourth-order valence-electron chi connectivity index (χ4n) is 2.30. The third kappa shape index (κ3) is 7.62. The molecule has 8 nitrogen and oxygen atoms in total. The van der Waals surface area contributed by atoms with E-state index in [1.54, 1.807) is 55.5 Å². The van der Waals surface area contributed by atoms with Gasteiger partial charge in [0.05, 0.1) is 6.61 Å². The minimum Gasteiger partial charge on any atom is -0.464 e. The Balaban J connectivity index is 2.11. The molecule has 2 unspecified atom stereocenters. The fraction of sp³-hybridized carbons (Fsp3) is 0.263. The minimum absolute atomic E-state index is 0.0147. The molecule has 0 radical (unpaired) electrons. The molecule has 0 fully saturated rings. The van der Waals surface area contributed by atoms with E-state index in [0.717, 1.165) is 10.0 Å². The maximum absolute atomic E-state index is 12.8. The van der Waals surface area contributed by atoms with Crippen molar-refractivity contribution in [1.82, 2.24) is 5.32 Å². The Kier molecular flexibility index (Phi) is 8.85. The summed E-state index contributed by atoms with van der Waals surface area (Å²) in [5.41, 5.74) is 1.06. The van der Waals surface area contributed by atoms with E-state index in [2.05, 4.69) is 21.2 Å². The first kappa shape index (κ1) is 23.1. The van der Waals surface area contributed by atoms with Gasteiger partial charge in [0.1, 0.15) is 6.61 Å². The number of hydrogen-bond donors (Lipinski definition) is 2. The lowest BCUT2D eigenvalue weighted by Crippen LogP contribution is -2.30. The zero-order chi connectivity index (χ0) is 21.3. The molecule has 0 saturated heterocycles. The summed E-state index contributed by atoms with van der Waals surface area (Å²) < 4.78 is 28.2. The minimum atomic E-state index is -4.49. The average Bonchev–Trinajstić information content (AvgIpc) is 2.71. The molecule has 0 aromatic heterocycles. The van der Waals surface area contributed by atoms with Crippen molar-refractivity contribution in [2.75, 3.05) is 13.2 Å². The third-order valence-electron chi connectivity index (χ3n) is 3.65. The number of esters is 1. The van der Waals surface area contributed by atoms with E-state index >= 15 is 0 Å². The van der Waals surface area contributed by atoms with Gasteiger partial charge in [0.2, 0.25) is 0 Å². The van der Waals surface area contributed by atoms with Crippen LogP contribution in [0.25, 0.3) is 0 Å². The van der Waals surface area contributed by atoms with E-state index in [0.29, 0.717) is 5.56 Å². The maximum atomic E-state index is 12.8. The van der Waals surface area contributed by atoms with Crippen molar-refractivity contribution >= 4 is 35.6 Å². The number of ether oxygens (including phenoxy) is 2. The van der Waals surface area contributed by atoms with Crippen molar-refractivity contribution in [2.45, 2.75) is 19.3 Å². The molecule has 2 N–H and O–H groups in total. The normalized spacial score (nSPS) is 13.8. The molecule has 0 aliphatic heterocycles. The van der Waals surface area contributed by atoms with E-state index in [-0.39, 0.29) is 13.2 Å². The van der Waals surface area contributed by atoms with E-state index in [4.69, 9.17) is 14.0 Å². The summed E-state index contributed by atoms with van der Waals surface area (Å²) in [4.78, 5) is 34.1. The number of amides is 1. The highest BCUT2D eigenvalue weighted by molar-refractivity contribution is 9.10. The monoisotopic (exact) mass is 485 g/mol. The Morgan fingerprint density at radius 3 is 2.38 bits per heavy atom. The first-order valence-electron chi connectivity index (χ1n) is 8.67. The van der Waals surface area contributed by atoms with Crippen molar-refractivity contribution in [3.63, 3.8) is 0 Å². The van der Waals surface area contributed by atoms with Gasteiger partial charge in [-0.3, -0.25) is 9.09 Å². The zero-order valence-corrected chi connectivity index (χ0v) is 18.1. The molecule has 0 bridgehead atoms. The van der Waals surface area contributed by atoms with Gasteiger partial charge in [-0.05, 0) is 30.2 Å². The van der Waals surface area contributed by atoms with Gasteiger partial charge in [-0.2, -0.15) is 0 Å². The SMILES string of the molecule is CCOC(=O)COP(=O)(O)C(NC(=O)OCc1ccccc1)c1ccc(Br)cc1. The average molecular weight is 486 g/mol. The molecule has 0 spiro atoms. The summed E-state index contributed by atoms with van der Waals surface area (Å²) in [6.07, 6.45) is -0.907. The van der Waals surface area contributed by atoms with Crippen LogP contribution in [-0.4, -0.2) is 30.2 Å². The van der Waals surface area contributed by atoms with Crippen LogP contribution in [0.3, 0.4) is 0 Å². The number of alkyl carbamates (subject to hydrolysis) is 1. The molecule has 10 heteroatoms. The Morgan fingerprint density at radius 2 is 1.76 bits per heavy atom. The summed E-state index contributed by atoms with van der Waals surface area (Å²) in [5, 5.41) is 2.35. The van der Waals surface area contributed by atoms with Crippen LogP contribution >= 0.6 is 23.5 Å². The Bertz CT molecular complexity index is 861.